The number of hydrogen-bond donors (Lipinski definition) is 0. The first-order valence-corrected chi connectivity index (χ1v) is 12.0. The molecule has 6 nitrogen and oxygen atoms in total. The van der Waals surface area contributed by atoms with E-state index >= 15 is 0 Å². The number of piperidine rings is 1. The average molecular weight is 428 g/mol. The molecule has 1 atom stereocenters. The molecular formula is C21H21N3O3S2. The zero-order valence-corrected chi connectivity index (χ0v) is 17.7. The highest BCUT2D eigenvalue weighted by atomic mass is 32.2. The Kier molecular flexibility index (Phi) is 5.07. The van der Waals surface area contributed by atoms with Crippen LogP contribution in [0.1, 0.15) is 18.4 Å². The second-order valence-corrected chi connectivity index (χ2v) is 9.96. The summed E-state index contributed by atoms with van der Waals surface area (Å²) in [6, 6.07) is 9.78. The van der Waals surface area contributed by atoms with Gasteiger partial charge in [0.1, 0.15) is 11.3 Å². The van der Waals surface area contributed by atoms with Gasteiger partial charge in [-0.3, -0.25) is 9.11 Å². The smallest absolute Gasteiger partial charge is 0.281 e. The molecule has 1 aromatic carbocycles. The number of benzene rings is 1. The van der Waals surface area contributed by atoms with Crippen molar-refractivity contribution in [3.8, 4) is 10.9 Å². The Morgan fingerprint density at radius 1 is 1.31 bits per heavy atom. The second kappa shape index (κ2) is 7.85. The minimum atomic E-state index is -0.720. The minimum absolute atomic E-state index is 0.338. The quantitative estimate of drug-likeness (QED) is 0.465. The van der Waals surface area contributed by atoms with Gasteiger partial charge in [0.05, 0.1) is 11.0 Å². The number of rotatable bonds is 5. The number of nitrogens with zero attached hydrogens (tertiary/aromatic N) is 3. The van der Waals surface area contributed by atoms with Gasteiger partial charge in [-0.15, -0.1) is 0 Å². The molecule has 150 valence electrons. The zero-order chi connectivity index (χ0) is 19.8. The van der Waals surface area contributed by atoms with Gasteiger partial charge >= 0.3 is 0 Å². The molecule has 1 aliphatic heterocycles. The molecule has 0 N–H and O–H groups in total. The van der Waals surface area contributed by atoms with Crippen molar-refractivity contribution in [3.63, 3.8) is 0 Å². The maximum Gasteiger partial charge on any atom is 0.281 e. The number of thiazole rings is 1. The van der Waals surface area contributed by atoms with Crippen LogP contribution in [0.4, 0.5) is 0 Å². The van der Waals surface area contributed by atoms with Crippen molar-refractivity contribution in [2.45, 2.75) is 24.6 Å². The van der Waals surface area contributed by atoms with E-state index in [-0.39, 0.29) is 0 Å². The molecule has 29 heavy (non-hydrogen) atoms. The van der Waals surface area contributed by atoms with Gasteiger partial charge in [0.25, 0.3) is 5.19 Å². The zero-order valence-electron chi connectivity index (χ0n) is 16.0. The number of ether oxygens (including phenoxy) is 1. The largest absolute Gasteiger partial charge is 0.464 e. The van der Waals surface area contributed by atoms with Crippen molar-refractivity contribution >= 4 is 43.5 Å². The van der Waals surface area contributed by atoms with Crippen molar-refractivity contribution in [3.05, 3.63) is 48.4 Å². The SMILES string of the molecule is CS(=O)C1CCN(Cc2coc3cc(Oc4nc5ncccc5s4)ccc23)CC1. The third kappa shape index (κ3) is 3.92. The topological polar surface area (TPSA) is 68.5 Å². The molecule has 0 radical (unpaired) electrons. The van der Waals surface area contributed by atoms with E-state index in [9.17, 15) is 4.21 Å². The number of fused-ring (bicyclic) bond motifs is 2. The van der Waals surface area contributed by atoms with Gasteiger partial charge in [-0.2, -0.15) is 4.98 Å². The van der Waals surface area contributed by atoms with E-state index in [2.05, 4.69) is 14.9 Å². The number of aromatic nitrogens is 2. The van der Waals surface area contributed by atoms with Crippen LogP contribution in [0.2, 0.25) is 0 Å². The van der Waals surface area contributed by atoms with Gasteiger partial charge < -0.3 is 9.15 Å². The summed E-state index contributed by atoms with van der Waals surface area (Å²) < 4.78 is 24.4. The molecule has 1 saturated heterocycles. The van der Waals surface area contributed by atoms with Crippen molar-refractivity contribution < 1.29 is 13.4 Å². The molecule has 4 aromatic rings. The van der Waals surface area contributed by atoms with Crippen LogP contribution in [-0.4, -0.2) is 43.7 Å². The predicted octanol–water partition coefficient (Wildman–Crippen LogP) is 4.57. The van der Waals surface area contributed by atoms with Crippen LogP contribution in [-0.2, 0) is 17.3 Å². The lowest BCUT2D eigenvalue weighted by atomic mass is 10.1. The number of likely N-dealkylation sites (tertiary alicyclic amines) is 1. The summed E-state index contributed by atoms with van der Waals surface area (Å²) >= 11 is 1.47. The van der Waals surface area contributed by atoms with Crippen LogP contribution >= 0.6 is 11.3 Å². The van der Waals surface area contributed by atoms with Crippen molar-refractivity contribution in [2.24, 2.45) is 0 Å². The Morgan fingerprint density at radius 3 is 2.97 bits per heavy atom. The van der Waals surface area contributed by atoms with E-state index in [0.717, 1.165) is 48.1 Å². The van der Waals surface area contributed by atoms with E-state index in [0.29, 0.717) is 21.8 Å². The third-order valence-electron chi connectivity index (χ3n) is 5.38. The maximum absolute atomic E-state index is 11.7. The van der Waals surface area contributed by atoms with Gasteiger partial charge in [-0.05, 0) is 50.2 Å². The molecular weight excluding hydrogens is 406 g/mol. The lowest BCUT2D eigenvalue weighted by molar-refractivity contribution is 0.223. The Morgan fingerprint density at radius 2 is 2.17 bits per heavy atom. The standard InChI is InChI=1S/C21H21N3O3S2/c1-29(25)16-6-9-24(10-7-16)12-14-13-26-18-11-15(4-5-17(14)18)27-21-23-20-19(28-21)3-2-8-22-20/h2-5,8,11,13,16H,6-7,9-10,12H2,1H3. The van der Waals surface area contributed by atoms with E-state index in [4.69, 9.17) is 9.15 Å². The van der Waals surface area contributed by atoms with Crippen molar-refractivity contribution in [2.75, 3.05) is 19.3 Å². The van der Waals surface area contributed by atoms with Gasteiger partial charge in [-0.25, -0.2) is 4.98 Å². The van der Waals surface area contributed by atoms with Gasteiger partial charge in [0.2, 0.25) is 0 Å². The van der Waals surface area contributed by atoms with Crippen LogP contribution in [0.15, 0.2) is 47.2 Å². The fourth-order valence-corrected chi connectivity index (χ4v) is 5.45. The molecule has 1 aliphatic rings. The third-order valence-corrected chi connectivity index (χ3v) is 7.67. The first kappa shape index (κ1) is 18.7. The Labute approximate surface area is 175 Å². The first-order valence-electron chi connectivity index (χ1n) is 9.60. The molecule has 0 bridgehead atoms. The van der Waals surface area contributed by atoms with Gasteiger partial charge in [0, 0.05) is 52.1 Å². The van der Waals surface area contributed by atoms with Gasteiger partial charge in [-0.1, -0.05) is 11.3 Å². The summed E-state index contributed by atoms with van der Waals surface area (Å²) in [4.78, 5) is 11.1. The molecule has 0 aliphatic carbocycles. The van der Waals surface area contributed by atoms with Crippen LogP contribution in [0.3, 0.4) is 0 Å². The maximum atomic E-state index is 11.7. The molecule has 1 fully saturated rings. The fraction of sp³-hybridized carbons (Fsp3) is 0.333. The summed E-state index contributed by atoms with van der Waals surface area (Å²) in [7, 11) is -0.720. The molecule has 5 rings (SSSR count). The molecule has 0 amide bonds. The molecule has 8 heteroatoms. The highest BCUT2D eigenvalue weighted by molar-refractivity contribution is 7.84. The van der Waals surface area contributed by atoms with Crippen molar-refractivity contribution in [1.29, 1.82) is 0 Å². The monoisotopic (exact) mass is 427 g/mol. The summed E-state index contributed by atoms with van der Waals surface area (Å²) in [6.45, 7) is 2.80. The fourth-order valence-electron chi connectivity index (χ4n) is 3.78. The summed E-state index contributed by atoms with van der Waals surface area (Å²) in [6.07, 6.45) is 7.36. The Bertz CT molecular complexity index is 1150. The molecule has 0 saturated carbocycles. The van der Waals surface area contributed by atoms with Gasteiger partial charge in [0.15, 0.2) is 5.65 Å². The van der Waals surface area contributed by atoms with Crippen LogP contribution < -0.4 is 4.74 Å². The molecule has 4 heterocycles. The van der Waals surface area contributed by atoms with E-state index in [1.165, 1.54) is 16.9 Å². The number of pyridine rings is 1. The van der Waals surface area contributed by atoms with Crippen molar-refractivity contribution in [1.82, 2.24) is 14.9 Å². The number of furan rings is 1. The highest BCUT2D eigenvalue weighted by Gasteiger charge is 2.22. The predicted molar refractivity (Wildman–Crippen MR) is 116 cm³/mol. The Hall–Kier alpha value is -2.29. The summed E-state index contributed by atoms with van der Waals surface area (Å²) in [5.74, 6) is 0.698. The average Bonchev–Trinajstić information content (AvgIpc) is 3.31. The lowest BCUT2D eigenvalue weighted by Gasteiger charge is -2.30. The van der Waals surface area contributed by atoms with E-state index < -0.39 is 10.8 Å². The van der Waals surface area contributed by atoms with Crippen LogP contribution in [0.5, 0.6) is 10.9 Å². The first-order chi connectivity index (χ1) is 14.2. The van der Waals surface area contributed by atoms with E-state index in [1.807, 2.05) is 42.9 Å². The normalized spacial score (nSPS) is 17.1. The minimum Gasteiger partial charge on any atom is -0.464 e. The highest BCUT2D eigenvalue weighted by Crippen LogP contribution is 2.33. The number of hydrogen-bond acceptors (Lipinski definition) is 7. The molecule has 1 unspecified atom stereocenters. The van der Waals surface area contributed by atoms with E-state index in [1.54, 1.807) is 6.20 Å². The summed E-state index contributed by atoms with van der Waals surface area (Å²) in [5.41, 5.74) is 2.68. The molecule has 0 spiro atoms. The second-order valence-electron chi connectivity index (χ2n) is 7.30. The lowest BCUT2D eigenvalue weighted by Crippen LogP contribution is -2.36. The summed E-state index contributed by atoms with van der Waals surface area (Å²) in [5, 5.41) is 2.01. The van der Waals surface area contributed by atoms with Crippen LogP contribution in [0.25, 0.3) is 21.3 Å². The van der Waals surface area contributed by atoms with Crippen LogP contribution in [0, 0.1) is 0 Å². The molecule has 3 aromatic heterocycles. The Balaban J connectivity index is 1.30.